The van der Waals surface area contributed by atoms with Crippen LogP contribution in [-0.2, 0) is 4.79 Å². The number of carbonyl (C=O) groups is 2. The van der Waals surface area contributed by atoms with Crippen LogP contribution in [0.5, 0.6) is 0 Å². The molecule has 0 saturated carbocycles. The molecule has 1 aliphatic heterocycles. The first kappa shape index (κ1) is 12.7. The summed E-state index contributed by atoms with van der Waals surface area (Å²) in [5, 5.41) is 8.83. The Bertz CT molecular complexity index is 527. The highest BCUT2D eigenvalue weighted by Crippen LogP contribution is 2.39. The molecule has 2 rings (SSSR count). The number of carbonyl (C=O) groups excluding carboxylic acids is 1. The van der Waals surface area contributed by atoms with Gasteiger partial charge in [-0.25, -0.2) is 4.79 Å². The number of rotatable bonds is 3. The minimum atomic E-state index is -0.993. The molecule has 1 N–H and O–H groups in total. The summed E-state index contributed by atoms with van der Waals surface area (Å²) in [4.78, 5) is 25.5. The first-order chi connectivity index (χ1) is 8.54. The number of thioether (sulfide) groups is 1. The van der Waals surface area contributed by atoms with Crippen LogP contribution < -0.4 is 4.90 Å². The summed E-state index contributed by atoms with van der Waals surface area (Å²) in [6.07, 6.45) is 1.64. The number of aromatic carboxylic acids is 1. The molecule has 0 spiro atoms. The highest BCUT2D eigenvalue weighted by Gasteiger charge is 2.30. The Morgan fingerprint density at radius 2 is 2.33 bits per heavy atom. The fourth-order valence-electron chi connectivity index (χ4n) is 1.86. The lowest BCUT2D eigenvalue weighted by Gasteiger charge is -2.31. The van der Waals surface area contributed by atoms with Crippen molar-refractivity contribution in [3.63, 3.8) is 0 Å². The molecule has 1 atom stereocenters. The fraction of sp³-hybridized carbons (Fsp3) is 0.231. The topological polar surface area (TPSA) is 57.6 Å². The maximum absolute atomic E-state index is 12.1. The molecule has 1 amide bonds. The summed E-state index contributed by atoms with van der Waals surface area (Å²) in [5.74, 6) is -1.01. The average Bonchev–Trinajstić information content (AvgIpc) is 2.34. The Balaban J connectivity index is 2.51. The zero-order valence-corrected chi connectivity index (χ0v) is 10.7. The molecular weight excluding hydrogens is 250 g/mol. The number of hydrogen-bond acceptors (Lipinski definition) is 3. The molecule has 0 aliphatic carbocycles. The summed E-state index contributed by atoms with van der Waals surface area (Å²) < 4.78 is 0. The minimum absolute atomic E-state index is 0.0186. The van der Waals surface area contributed by atoms with E-state index >= 15 is 0 Å². The molecule has 4 nitrogen and oxygen atoms in total. The predicted octanol–water partition coefficient (Wildman–Crippen LogP) is 2.40. The quantitative estimate of drug-likeness (QED) is 0.851. The normalized spacial score (nSPS) is 18.4. The molecule has 0 aromatic heterocycles. The van der Waals surface area contributed by atoms with Crippen LogP contribution in [0.3, 0.4) is 0 Å². The number of fused-ring (bicyclic) bond motifs is 1. The van der Waals surface area contributed by atoms with Crippen molar-refractivity contribution >= 4 is 29.3 Å². The van der Waals surface area contributed by atoms with Crippen molar-refractivity contribution in [1.82, 2.24) is 0 Å². The van der Waals surface area contributed by atoms with E-state index in [1.54, 1.807) is 23.1 Å². The molecule has 18 heavy (non-hydrogen) atoms. The Hall–Kier alpha value is -1.75. The zero-order chi connectivity index (χ0) is 13.3. The van der Waals surface area contributed by atoms with E-state index in [4.69, 9.17) is 5.11 Å². The molecule has 0 bridgehead atoms. The molecule has 1 aromatic carbocycles. The van der Waals surface area contributed by atoms with E-state index in [1.165, 1.54) is 17.8 Å². The zero-order valence-electron chi connectivity index (χ0n) is 9.92. The third-order valence-electron chi connectivity index (χ3n) is 2.73. The van der Waals surface area contributed by atoms with Crippen LogP contribution in [0, 0.1) is 0 Å². The van der Waals surface area contributed by atoms with Crippen LogP contribution >= 0.6 is 11.8 Å². The maximum atomic E-state index is 12.1. The number of carboxylic acid groups (broad SMARTS) is 1. The summed E-state index contributed by atoms with van der Waals surface area (Å²) in [6.45, 7) is 5.86. The van der Waals surface area contributed by atoms with Crippen LogP contribution in [0.25, 0.3) is 0 Å². The lowest BCUT2D eigenvalue weighted by molar-refractivity contribution is -0.117. The van der Waals surface area contributed by atoms with Gasteiger partial charge in [0.25, 0.3) is 0 Å². The molecular formula is C13H13NO3S. The second-order valence-electron chi connectivity index (χ2n) is 3.99. The second kappa shape index (κ2) is 4.86. The molecule has 94 valence electrons. The first-order valence-electron chi connectivity index (χ1n) is 5.51. The molecule has 1 unspecified atom stereocenters. The van der Waals surface area contributed by atoms with E-state index in [0.29, 0.717) is 12.2 Å². The van der Waals surface area contributed by atoms with Gasteiger partial charge < -0.3 is 10.0 Å². The van der Waals surface area contributed by atoms with Crippen molar-refractivity contribution < 1.29 is 14.7 Å². The SMILES string of the molecule is C=CCN1C(=O)C(C)Sc2ccc(C(=O)O)cc21. The summed E-state index contributed by atoms with van der Waals surface area (Å²) in [5.41, 5.74) is 0.841. The number of hydrogen-bond donors (Lipinski definition) is 1. The summed E-state index contributed by atoms with van der Waals surface area (Å²) >= 11 is 1.45. The number of benzene rings is 1. The standard InChI is InChI=1S/C13H13NO3S/c1-3-6-14-10-7-9(13(16)17)4-5-11(10)18-8(2)12(14)15/h3-5,7-8H,1,6H2,2H3,(H,16,17). The fourth-order valence-corrected chi connectivity index (χ4v) is 2.90. The smallest absolute Gasteiger partial charge is 0.335 e. The molecule has 0 fully saturated rings. The van der Waals surface area contributed by atoms with E-state index in [2.05, 4.69) is 6.58 Å². The number of amides is 1. The van der Waals surface area contributed by atoms with Crippen LogP contribution in [0.15, 0.2) is 35.7 Å². The van der Waals surface area contributed by atoms with Gasteiger partial charge in [0.2, 0.25) is 5.91 Å². The van der Waals surface area contributed by atoms with Crippen LogP contribution in [0.4, 0.5) is 5.69 Å². The van der Waals surface area contributed by atoms with Crippen LogP contribution in [0.1, 0.15) is 17.3 Å². The average molecular weight is 263 g/mol. The van der Waals surface area contributed by atoms with Gasteiger partial charge in [0.15, 0.2) is 0 Å². The van der Waals surface area contributed by atoms with Crippen LogP contribution in [0.2, 0.25) is 0 Å². The second-order valence-corrected chi connectivity index (χ2v) is 5.37. The van der Waals surface area contributed by atoms with Crippen LogP contribution in [-0.4, -0.2) is 28.8 Å². The molecule has 5 heteroatoms. The maximum Gasteiger partial charge on any atom is 0.335 e. The molecule has 0 saturated heterocycles. The van der Waals surface area contributed by atoms with Gasteiger partial charge in [-0.05, 0) is 25.1 Å². The number of carboxylic acids is 1. The molecule has 1 aliphatic rings. The van der Waals surface area contributed by atoms with Crippen molar-refractivity contribution in [3.05, 3.63) is 36.4 Å². The van der Waals surface area contributed by atoms with E-state index in [1.807, 2.05) is 6.92 Å². The van der Waals surface area contributed by atoms with Crippen molar-refractivity contribution in [2.75, 3.05) is 11.4 Å². The Labute approximate surface area is 109 Å². The van der Waals surface area contributed by atoms with Gasteiger partial charge in [0, 0.05) is 11.4 Å². The van der Waals surface area contributed by atoms with Gasteiger partial charge in [-0.3, -0.25) is 4.79 Å². The Morgan fingerprint density at radius 1 is 1.61 bits per heavy atom. The van der Waals surface area contributed by atoms with E-state index in [-0.39, 0.29) is 16.7 Å². The predicted molar refractivity (Wildman–Crippen MR) is 71.3 cm³/mol. The molecule has 0 radical (unpaired) electrons. The minimum Gasteiger partial charge on any atom is -0.478 e. The van der Waals surface area contributed by atoms with Gasteiger partial charge in [-0.1, -0.05) is 6.08 Å². The molecule has 1 heterocycles. The number of anilines is 1. The first-order valence-corrected chi connectivity index (χ1v) is 6.39. The van der Waals surface area contributed by atoms with Gasteiger partial charge in [-0.15, -0.1) is 18.3 Å². The van der Waals surface area contributed by atoms with Gasteiger partial charge >= 0.3 is 5.97 Å². The lowest BCUT2D eigenvalue weighted by Crippen LogP contribution is -2.39. The Kier molecular flexibility index (Phi) is 3.43. The lowest BCUT2D eigenvalue weighted by atomic mass is 10.1. The van der Waals surface area contributed by atoms with E-state index in [9.17, 15) is 9.59 Å². The number of nitrogens with zero attached hydrogens (tertiary/aromatic N) is 1. The third-order valence-corrected chi connectivity index (χ3v) is 3.88. The van der Waals surface area contributed by atoms with Gasteiger partial charge in [0.1, 0.15) is 0 Å². The van der Waals surface area contributed by atoms with Crippen molar-refractivity contribution in [1.29, 1.82) is 0 Å². The summed E-state index contributed by atoms with van der Waals surface area (Å²) in [7, 11) is 0. The van der Waals surface area contributed by atoms with Crippen molar-refractivity contribution in [3.8, 4) is 0 Å². The van der Waals surface area contributed by atoms with E-state index in [0.717, 1.165) is 4.90 Å². The third kappa shape index (κ3) is 2.13. The highest BCUT2D eigenvalue weighted by atomic mass is 32.2. The highest BCUT2D eigenvalue weighted by molar-refractivity contribution is 8.00. The van der Waals surface area contributed by atoms with Crippen molar-refractivity contribution in [2.45, 2.75) is 17.1 Å². The summed E-state index contributed by atoms with van der Waals surface area (Å²) in [6, 6.07) is 4.85. The Morgan fingerprint density at radius 3 is 2.94 bits per heavy atom. The van der Waals surface area contributed by atoms with E-state index < -0.39 is 5.97 Å². The largest absolute Gasteiger partial charge is 0.478 e. The van der Waals surface area contributed by atoms with Gasteiger partial charge in [-0.2, -0.15) is 0 Å². The van der Waals surface area contributed by atoms with Gasteiger partial charge in [0.05, 0.1) is 16.5 Å². The van der Waals surface area contributed by atoms with Crippen molar-refractivity contribution in [2.24, 2.45) is 0 Å². The molecule has 1 aromatic rings. The monoisotopic (exact) mass is 263 g/mol.